The highest BCUT2D eigenvalue weighted by molar-refractivity contribution is 5.41. The first-order chi connectivity index (χ1) is 8.43. The lowest BCUT2D eigenvalue weighted by molar-refractivity contribution is 0.146. The van der Waals surface area contributed by atoms with Gasteiger partial charge in [-0.2, -0.15) is 0 Å². The van der Waals surface area contributed by atoms with Crippen molar-refractivity contribution in [1.29, 1.82) is 0 Å². The van der Waals surface area contributed by atoms with Crippen molar-refractivity contribution in [2.24, 2.45) is 0 Å². The first-order valence-corrected chi connectivity index (χ1v) is 3.18. The summed E-state index contributed by atoms with van der Waals surface area (Å²) in [6.07, 6.45) is 0. The Morgan fingerprint density at radius 3 is 2.83 bits per heavy atom. The van der Waals surface area contributed by atoms with E-state index < -0.39 is 20.2 Å². The molecule has 3 heteroatoms. The number of anilines is 1. The van der Waals surface area contributed by atoms with Gasteiger partial charge in [0.2, 0.25) is 0 Å². The number of benzene rings is 1. The Morgan fingerprint density at radius 1 is 1.42 bits per heavy atom. The van der Waals surface area contributed by atoms with Gasteiger partial charge < -0.3 is 15.2 Å². The highest BCUT2D eigenvalue weighted by atomic mass is 16.5. The van der Waals surface area contributed by atoms with E-state index in [0.29, 0.717) is 5.69 Å². The fourth-order valence-electron chi connectivity index (χ4n) is 0.636. The van der Waals surface area contributed by atoms with Crippen LogP contribution in [0.3, 0.4) is 0 Å². The molecule has 0 saturated carbocycles. The minimum atomic E-state index is -3.15. The number of hydrogen-bond donors (Lipinski definition) is 1. The van der Waals surface area contributed by atoms with Crippen molar-refractivity contribution < 1.29 is 19.1 Å². The van der Waals surface area contributed by atoms with Gasteiger partial charge in [0.05, 0.1) is 16.2 Å². The fourth-order valence-corrected chi connectivity index (χ4v) is 0.636. The van der Waals surface area contributed by atoms with Crippen LogP contribution in [0, 0.1) is 0 Å². The van der Waals surface area contributed by atoms with E-state index in [4.69, 9.17) is 20.1 Å². The molecule has 0 heterocycles. The Kier molecular flexibility index (Phi) is 1.25. The normalized spacial score (nSPS) is 21.8. The van der Waals surface area contributed by atoms with Gasteiger partial charge in [-0.1, -0.05) is 0 Å². The van der Waals surface area contributed by atoms with Gasteiger partial charge in [0.25, 0.3) is 0 Å². The van der Waals surface area contributed by atoms with Gasteiger partial charge in [-0.25, -0.2) is 0 Å². The molecule has 0 aromatic heterocycles. The zero-order valence-electron chi connectivity index (χ0n) is 13.2. The van der Waals surface area contributed by atoms with Crippen molar-refractivity contribution >= 4 is 5.69 Å². The Hall–Kier alpha value is -1.22. The summed E-state index contributed by atoms with van der Waals surface area (Å²) >= 11 is 0. The zero-order valence-corrected chi connectivity index (χ0v) is 6.20. The minimum Gasteiger partial charge on any atom is -0.491 e. The lowest BCUT2D eigenvalue weighted by Gasteiger charge is -2.04. The predicted octanol–water partition coefficient (Wildman–Crippen LogP) is 1.29. The van der Waals surface area contributed by atoms with Crippen molar-refractivity contribution in [2.45, 2.75) is 0 Å². The maximum atomic E-state index is 7.46. The summed E-state index contributed by atoms with van der Waals surface area (Å²) in [7, 11) is -3.08. The van der Waals surface area contributed by atoms with Gasteiger partial charge in [0.1, 0.15) is 12.3 Å². The molecule has 0 saturated heterocycles. The molecule has 66 valence electrons. The molecule has 0 fully saturated rings. The lowest BCUT2D eigenvalue weighted by Crippen LogP contribution is -2.03. The van der Waals surface area contributed by atoms with Crippen molar-refractivity contribution in [1.82, 2.24) is 0 Å². The van der Waals surface area contributed by atoms with Crippen LogP contribution in [0.1, 0.15) is 9.60 Å². The summed E-state index contributed by atoms with van der Waals surface area (Å²) in [6.45, 7) is -6.14. The molecule has 0 unspecified atom stereocenters. The second kappa shape index (κ2) is 4.62. The average molecular weight is 174 g/mol. The van der Waals surface area contributed by atoms with Crippen molar-refractivity contribution in [3.8, 4) is 5.75 Å². The van der Waals surface area contributed by atoms with Crippen LogP contribution in [0.5, 0.6) is 5.75 Å². The number of nitrogen functional groups attached to an aromatic ring is 1. The number of rotatable bonds is 4. The van der Waals surface area contributed by atoms with Gasteiger partial charge in [-0.15, -0.1) is 0 Å². The van der Waals surface area contributed by atoms with Crippen LogP contribution in [0.15, 0.2) is 24.3 Å². The Balaban J connectivity index is 2.87. The van der Waals surface area contributed by atoms with E-state index in [-0.39, 0.29) is 5.75 Å². The van der Waals surface area contributed by atoms with E-state index >= 15 is 0 Å². The second-order valence-corrected chi connectivity index (χ2v) is 1.98. The zero-order chi connectivity index (χ0) is 14.9. The molecular weight excluding hydrogens is 154 g/mol. The molecule has 0 radical (unpaired) electrons. The van der Waals surface area contributed by atoms with Crippen molar-refractivity contribution in [3.63, 3.8) is 0 Å². The first-order valence-electron chi connectivity index (χ1n) is 6.68. The third-order valence-electron chi connectivity index (χ3n) is 1.14. The maximum absolute atomic E-state index is 7.46. The summed E-state index contributed by atoms with van der Waals surface area (Å²) in [4.78, 5) is 0. The summed E-state index contributed by atoms with van der Waals surface area (Å²) in [5.74, 6) is -0.00258. The summed E-state index contributed by atoms with van der Waals surface area (Å²) < 4.78 is 58.9. The third-order valence-corrected chi connectivity index (χ3v) is 1.14. The molecule has 0 amide bonds. The SMILES string of the molecule is [2H]C([2H])([2H])OC([2H])([2H])C([2H])([2H])Oc1ccc(N)cc1. The molecule has 2 N–H and O–H groups in total. The van der Waals surface area contributed by atoms with Crippen LogP contribution in [0.4, 0.5) is 5.69 Å². The average Bonchev–Trinajstić information content (AvgIpc) is 2.17. The summed E-state index contributed by atoms with van der Waals surface area (Å²) in [6, 6.07) is 5.54. The van der Waals surface area contributed by atoms with Gasteiger partial charge in [0.15, 0.2) is 0 Å². The number of nitrogens with two attached hydrogens (primary N) is 1. The summed E-state index contributed by atoms with van der Waals surface area (Å²) in [5.41, 5.74) is 5.86. The van der Waals surface area contributed by atoms with Gasteiger partial charge in [-0.3, -0.25) is 0 Å². The van der Waals surface area contributed by atoms with Crippen LogP contribution < -0.4 is 10.5 Å². The smallest absolute Gasteiger partial charge is 0.119 e. The monoisotopic (exact) mass is 174 g/mol. The molecule has 0 aliphatic carbocycles. The van der Waals surface area contributed by atoms with E-state index in [0.717, 1.165) is 0 Å². The number of methoxy groups -OCH3 is 1. The van der Waals surface area contributed by atoms with E-state index in [1.807, 2.05) is 0 Å². The Labute approximate surface area is 81.9 Å². The maximum Gasteiger partial charge on any atom is 0.119 e. The van der Waals surface area contributed by atoms with E-state index in [2.05, 4.69) is 4.74 Å². The predicted molar refractivity (Wildman–Crippen MR) is 48.2 cm³/mol. The molecule has 0 atom stereocenters. The van der Waals surface area contributed by atoms with Gasteiger partial charge in [-0.05, 0) is 24.3 Å². The van der Waals surface area contributed by atoms with Crippen LogP contribution in [0.2, 0.25) is 0 Å². The van der Waals surface area contributed by atoms with E-state index in [1.165, 1.54) is 24.3 Å². The molecule has 3 nitrogen and oxygen atoms in total. The molecule has 1 rings (SSSR count). The molecule has 1 aromatic carbocycles. The van der Waals surface area contributed by atoms with Crippen molar-refractivity contribution in [3.05, 3.63) is 24.3 Å². The summed E-state index contributed by atoms with van der Waals surface area (Å²) in [5, 5.41) is 0. The van der Waals surface area contributed by atoms with Crippen molar-refractivity contribution in [2.75, 3.05) is 25.9 Å². The van der Waals surface area contributed by atoms with Crippen LogP contribution in [-0.4, -0.2) is 20.2 Å². The molecule has 12 heavy (non-hydrogen) atoms. The first kappa shape index (κ1) is 3.26. The third kappa shape index (κ3) is 2.80. The lowest BCUT2D eigenvalue weighted by atomic mass is 10.3. The quantitative estimate of drug-likeness (QED) is 0.700. The fraction of sp³-hybridized carbons (Fsp3) is 0.333. The minimum absolute atomic E-state index is 0.00258. The number of ether oxygens (including phenoxy) is 2. The molecule has 0 aliphatic heterocycles. The standard InChI is InChI=1S/C9H13NO2/c1-11-6-7-12-9-4-2-8(10)3-5-9/h2-5H,6-7,10H2,1H3/i1D3,6D2,7D2. The highest BCUT2D eigenvalue weighted by Crippen LogP contribution is 2.12. The van der Waals surface area contributed by atoms with Crippen LogP contribution in [0.25, 0.3) is 0 Å². The van der Waals surface area contributed by atoms with Crippen LogP contribution in [-0.2, 0) is 4.74 Å². The Morgan fingerprint density at radius 2 is 2.17 bits per heavy atom. The van der Waals surface area contributed by atoms with E-state index in [1.54, 1.807) is 0 Å². The van der Waals surface area contributed by atoms with Crippen LogP contribution >= 0.6 is 0 Å². The topological polar surface area (TPSA) is 44.5 Å². The molecule has 1 aromatic rings. The van der Waals surface area contributed by atoms with Gasteiger partial charge >= 0.3 is 0 Å². The molecule has 0 aliphatic rings. The molecule has 0 bridgehead atoms. The van der Waals surface area contributed by atoms with E-state index in [9.17, 15) is 0 Å². The molecular formula is C9H13NO2. The highest BCUT2D eigenvalue weighted by Gasteiger charge is 1.91. The van der Waals surface area contributed by atoms with Gasteiger partial charge in [0, 0.05) is 12.7 Å². The largest absolute Gasteiger partial charge is 0.491 e. The molecule has 0 spiro atoms. The number of hydrogen-bond acceptors (Lipinski definition) is 3. The second-order valence-electron chi connectivity index (χ2n) is 1.98. The Bertz CT molecular complexity index is 429.